The fraction of sp³-hybridized carbons (Fsp3) is 0.333. The van der Waals surface area contributed by atoms with Gasteiger partial charge in [-0.05, 0) is 23.8 Å². The highest BCUT2D eigenvalue weighted by atomic mass is 14.7. The van der Waals surface area contributed by atoms with E-state index in [1.165, 1.54) is 5.56 Å². The maximum atomic E-state index is 8.76. The number of rotatable bonds is 1. The molecule has 3 nitrogen and oxygen atoms in total. The van der Waals surface area contributed by atoms with Crippen molar-refractivity contribution in [3.8, 4) is 5.97 Å². The number of pyridine rings is 1. The van der Waals surface area contributed by atoms with Gasteiger partial charge in [0.1, 0.15) is 0 Å². The van der Waals surface area contributed by atoms with Crippen LogP contribution in [-0.4, -0.2) is 11.7 Å². The first kappa shape index (κ1) is 8.27. The molecular formula is C9H10BN3. The van der Waals surface area contributed by atoms with E-state index in [9.17, 15) is 0 Å². The number of nitrogens with zero attached hydrogens (tertiary/aromatic N) is 2. The van der Waals surface area contributed by atoms with Crippen LogP contribution in [-0.2, 0) is 19.2 Å². The first-order valence-corrected chi connectivity index (χ1v) is 4.40. The van der Waals surface area contributed by atoms with E-state index in [1.807, 2.05) is 0 Å². The second-order valence-corrected chi connectivity index (χ2v) is 3.39. The van der Waals surface area contributed by atoms with E-state index in [-0.39, 0.29) is 6.71 Å². The highest BCUT2D eigenvalue weighted by Gasteiger charge is 2.26. The number of hydrogen-bond donors (Lipinski definition) is 1. The highest BCUT2D eigenvalue weighted by Crippen LogP contribution is 2.19. The Morgan fingerprint density at radius 2 is 2.46 bits per heavy atom. The van der Waals surface area contributed by atoms with Gasteiger partial charge in [-0.3, -0.25) is 4.98 Å². The van der Waals surface area contributed by atoms with Crippen LogP contribution in [0.3, 0.4) is 0 Å². The summed E-state index contributed by atoms with van der Waals surface area (Å²) >= 11 is 0. The highest BCUT2D eigenvalue weighted by molar-refractivity contribution is 6.66. The Morgan fingerprint density at radius 1 is 1.62 bits per heavy atom. The van der Waals surface area contributed by atoms with Gasteiger partial charge in [-0.15, -0.1) is 0 Å². The number of nitriles is 1. The molecule has 1 aliphatic heterocycles. The number of nitrogens with two attached hydrogens (primary N) is 1. The molecule has 0 bridgehead atoms. The van der Waals surface area contributed by atoms with Gasteiger partial charge in [0.2, 0.25) is 0 Å². The molecule has 0 spiro atoms. The van der Waals surface area contributed by atoms with Crippen molar-refractivity contribution < 1.29 is 0 Å². The van der Waals surface area contributed by atoms with Crippen LogP contribution in [0.4, 0.5) is 0 Å². The van der Waals surface area contributed by atoms with Gasteiger partial charge in [-0.2, -0.15) is 0 Å². The molecule has 4 heteroatoms. The minimum absolute atomic E-state index is 0.121. The molecule has 2 N–H and O–H groups in total. The summed E-state index contributed by atoms with van der Waals surface area (Å²) in [6.07, 6.45) is 3.45. The summed E-state index contributed by atoms with van der Waals surface area (Å²) in [5.41, 5.74) is 8.84. The van der Waals surface area contributed by atoms with E-state index < -0.39 is 0 Å². The zero-order chi connectivity index (χ0) is 9.26. The smallest absolute Gasteiger partial charge is 0.278 e. The van der Waals surface area contributed by atoms with Gasteiger partial charge in [0.05, 0.1) is 0 Å². The largest absolute Gasteiger partial charge is 0.326 e. The SMILES string of the molecule is N#CB1Cc2cc(CN)cnc2C1. The first-order chi connectivity index (χ1) is 6.33. The minimum Gasteiger partial charge on any atom is -0.326 e. The predicted octanol–water partition coefficient (Wildman–Crippen LogP) is 0.275. The Kier molecular flexibility index (Phi) is 2.03. The summed E-state index contributed by atoms with van der Waals surface area (Å²) in [7, 11) is 0. The molecule has 0 fully saturated rings. The molecular weight excluding hydrogens is 161 g/mol. The predicted molar refractivity (Wildman–Crippen MR) is 50.9 cm³/mol. The van der Waals surface area contributed by atoms with Crippen LogP contribution in [0.5, 0.6) is 0 Å². The van der Waals surface area contributed by atoms with Crippen molar-refractivity contribution in [2.24, 2.45) is 5.73 Å². The number of hydrogen-bond acceptors (Lipinski definition) is 3. The summed E-state index contributed by atoms with van der Waals surface area (Å²) in [6, 6.07) is 2.07. The van der Waals surface area contributed by atoms with E-state index in [0.717, 1.165) is 23.9 Å². The van der Waals surface area contributed by atoms with Crippen molar-refractivity contribution >= 4 is 6.71 Å². The van der Waals surface area contributed by atoms with Crippen LogP contribution in [0.25, 0.3) is 0 Å². The molecule has 2 rings (SSSR count). The molecule has 64 valence electrons. The lowest BCUT2D eigenvalue weighted by molar-refractivity contribution is 1.02. The van der Waals surface area contributed by atoms with Crippen molar-refractivity contribution in [1.29, 1.82) is 5.26 Å². The standard InChI is InChI=1S/C9H10BN3/c11-4-7-1-8-2-10(6-12)3-9(8)13-5-7/h1,5H,2-4,11H2. The minimum atomic E-state index is 0.121. The third-order valence-corrected chi connectivity index (χ3v) is 2.44. The summed E-state index contributed by atoms with van der Waals surface area (Å²) in [5.74, 6) is 2.28. The van der Waals surface area contributed by atoms with Gasteiger partial charge in [0.25, 0.3) is 6.71 Å². The first-order valence-electron chi connectivity index (χ1n) is 4.40. The molecule has 0 saturated carbocycles. The van der Waals surface area contributed by atoms with Gasteiger partial charge < -0.3 is 5.73 Å². The molecule has 0 atom stereocenters. The van der Waals surface area contributed by atoms with Crippen molar-refractivity contribution in [2.75, 3.05) is 0 Å². The zero-order valence-corrected chi connectivity index (χ0v) is 7.33. The zero-order valence-electron chi connectivity index (χ0n) is 7.33. The van der Waals surface area contributed by atoms with E-state index >= 15 is 0 Å². The van der Waals surface area contributed by atoms with Gasteiger partial charge >= 0.3 is 0 Å². The van der Waals surface area contributed by atoms with Gasteiger partial charge in [0.15, 0.2) is 0 Å². The molecule has 0 amide bonds. The molecule has 13 heavy (non-hydrogen) atoms. The van der Waals surface area contributed by atoms with Gasteiger partial charge in [-0.1, -0.05) is 6.07 Å². The summed E-state index contributed by atoms with van der Waals surface area (Å²) in [6.45, 7) is 0.646. The molecule has 1 aromatic heterocycles. The molecule has 1 aliphatic rings. The van der Waals surface area contributed by atoms with Gasteiger partial charge in [-0.25, -0.2) is 5.26 Å². The third kappa shape index (κ3) is 1.43. The second-order valence-electron chi connectivity index (χ2n) is 3.39. The maximum Gasteiger partial charge on any atom is 0.278 e. The van der Waals surface area contributed by atoms with Crippen LogP contribution < -0.4 is 5.73 Å². The van der Waals surface area contributed by atoms with Crippen molar-refractivity contribution in [3.05, 3.63) is 29.1 Å². The Labute approximate surface area is 77.7 Å². The average molecular weight is 171 g/mol. The van der Waals surface area contributed by atoms with Crippen molar-refractivity contribution in [1.82, 2.24) is 4.98 Å². The summed E-state index contributed by atoms with van der Waals surface area (Å²) in [4.78, 5) is 4.30. The Morgan fingerprint density at radius 3 is 3.15 bits per heavy atom. The second kappa shape index (κ2) is 3.19. The monoisotopic (exact) mass is 171 g/mol. The van der Waals surface area contributed by atoms with E-state index in [2.05, 4.69) is 17.0 Å². The van der Waals surface area contributed by atoms with E-state index in [4.69, 9.17) is 11.0 Å². The lowest BCUT2D eigenvalue weighted by Gasteiger charge is -2.00. The third-order valence-electron chi connectivity index (χ3n) is 2.44. The van der Waals surface area contributed by atoms with Crippen molar-refractivity contribution in [3.63, 3.8) is 0 Å². The maximum absolute atomic E-state index is 8.76. The van der Waals surface area contributed by atoms with E-state index in [0.29, 0.717) is 6.54 Å². The Hall–Kier alpha value is -1.34. The average Bonchev–Trinajstić information content (AvgIpc) is 2.58. The van der Waals surface area contributed by atoms with Crippen LogP contribution >= 0.6 is 0 Å². The summed E-state index contributed by atoms with van der Waals surface area (Å²) in [5, 5.41) is 8.76. The van der Waals surface area contributed by atoms with Crippen LogP contribution in [0.15, 0.2) is 12.3 Å². The normalized spacial score (nSPS) is 14.0. The van der Waals surface area contributed by atoms with E-state index in [1.54, 1.807) is 6.20 Å². The van der Waals surface area contributed by atoms with Gasteiger partial charge in [0, 0.05) is 24.4 Å². The topological polar surface area (TPSA) is 62.7 Å². The molecule has 0 aliphatic carbocycles. The molecule has 0 saturated heterocycles. The lowest BCUT2D eigenvalue weighted by Crippen LogP contribution is -2.09. The lowest BCUT2D eigenvalue weighted by atomic mass is 9.49. The molecule has 0 aromatic carbocycles. The molecule has 0 unspecified atom stereocenters. The van der Waals surface area contributed by atoms with Crippen molar-refractivity contribution in [2.45, 2.75) is 19.2 Å². The number of fused-ring (bicyclic) bond motifs is 1. The van der Waals surface area contributed by atoms with Crippen LogP contribution in [0.2, 0.25) is 0 Å². The Balaban J connectivity index is 2.32. The Bertz CT molecular complexity index is 370. The number of aromatic nitrogens is 1. The fourth-order valence-corrected chi connectivity index (χ4v) is 1.72. The molecule has 0 radical (unpaired) electrons. The quantitative estimate of drug-likeness (QED) is 0.617. The van der Waals surface area contributed by atoms with Crippen LogP contribution in [0, 0.1) is 11.2 Å². The molecule has 1 aromatic rings. The summed E-state index contributed by atoms with van der Waals surface area (Å²) < 4.78 is 0. The fourth-order valence-electron chi connectivity index (χ4n) is 1.72. The molecule has 2 heterocycles. The van der Waals surface area contributed by atoms with Crippen LogP contribution in [0.1, 0.15) is 16.8 Å².